The van der Waals surface area contributed by atoms with Crippen LogP contribution in [-0.4, -0.2) is 58.5 Å². The Kier molecular flexibility index (Phi) is 5.80. The van der Waals surface area contributed by atoms with Gasteiger partial charge in [0.25, 0.3) is 5.91 Å². The second-order valence-electron chi connectivity index (χ2n) is 8.77. The number of rotatable bonds is 5. The average Bonchev–Trinajstić information content (AvgIpc) is 3.14. The minimum Gasteiger partial charge on any atom is -0.481 e. The molecule has 0 saturated carbocycles. The van der Waals surface area contributed by atoms with E-state index in [4.69, 9.17) is 9.84 Å². The number of para-hydroxylation sites is 1. The van der Waals surface area contributed by atoms with Crippen LogP contribution in [0.25, 0.3) is 5.69 Å². The number of amides is 1. The molecule has 3 rings (SSSR count). The fraction of sp³-hybridized carbons (Fsp3) is 0.500. The van der Waals surface area contributed by atoms with Crippen LogP contribution in [0.3, 0.4) is 0 Å². The summed E-state index contributed by atoms with van der Waals surface area (Å²) in [6.07, 6.45) is 2.88. The lowest BCUT2D eigenvalue weighted by Crippen LogP contribution is -2.52. The molecule has 29 heavy (non-hydrogen) atoms. The summed E-state index contributed by atoms with van der Waals surface area (Å²) in [5, 5.41) is 14.5. The van der Waals surface area contributed by atoms with Crippen LogP contribution in [0.2, 0.25) is 0 Å². The van der Waals surface area contributed by atoms with Crippen LogP contribution < -0.4 is 0 Å². The first-order valence-corrected chi connectivity index (χ1v) is 9.85. The highest BCUT2D eigenvalue weighted by atomic mass is 16.5. The lowest BCUT2D eigenvalue weighted by molar-refractivity contribution is -0.155. The third-order valence-corrected chi connectivity index (χ3v) is 5.41. The van der Waals surface area contributed by atoms with E-state index >= 15 is 0 Å². The molecule has 7 nitrogen and oxygen atoms in total. The fourth-order valence-corrected chi connectivity index (χ4v) is 3.90. The molecule has 0 aliphatic carbocycles. The van der Waals surface area contributed by atoms with Crippen molar-refractivity contribution in [2.24, 2.45) is 5.41 Å². The number of hydrogen-bond acceptors (Lipinski definition) is 4. The number of piperidine rings is 1. The molecule has 1 aromatic heterocycles. The fourth-order valence-electron chi connectivity index (χ4n) is 3.90. The Balaban J connectivity index is 1.98. The van der Waals surface area contributed by atoms with Gasteiger partial charge in [-0.1, -0.05) is 39.0 Å². The van der Waals surface area contributed by atoms with E-state index in [2.05, 4.69) is 0 Å². The molecule has 1 aliphatic rings. The van der Waals surface area contributed by atoms with Crippen molar-refractivity contribution in [1.82, 2.24) is 14.7 Å². The molecule has 2 aromatic rings. The highest BCUT2D eigenvalue weighted by molar-refractivity contribution is 5.96. The van der Waals surface area contributed by atoms with E-state index in [1.165, 1.54) is 7.11 Å². The van der Waals surface area contributed by atoms with Crippen molar-refractivity contribution in [1.29, 1.82) is 0 Å². The smallest absolute Gasteiger partial charge is 0.313 e. The summed E-state index contributed by atoms with van der Waals surface area (Å²) >= 11 is 0. The quantitative estimate of drug-likeness (QED) is 0.835. The van der Waals surface area contributed by atoms with Crippen molar-refractivity contribution in [3.63, 3.8) is 0 Å². The summed E-state index contributed by atoms with van der Waals surface area (Å²) in [4.78, 5) is 27.1. The van der Waals surface area contributed by atoms with Crippen molar-refractivity contribution in [3.8, 4) is 5.69 Å². The Morgan fingerprint density at radius 1 is 1.24 bits per heavy atom. The van der Waals surface area contributed by atoms with Crippen molar-refractivity contribution in [2.45, 2.75) is 39.0 Å². The van der Waals surface area contributed by atoms with Gasteiger partial charge < -0.3 is 14.7 Å². The maximum Gasteiger partial charge on any atom is 0.313 e. The topological polar surface area (TPSA) is 84.7 Å². The number of aliphatic carboxylic acids is 1. The molecule has 0 bridgehead atoms. The van der Waals surface area contributed by atoms with Crippen LogP contribution in [0.15, 0.2) is 36.5 Å². The molecule has 0 radical (unpaired) electrons. The minimum absolute atomic E-state index is 0.0848. The molecular formula is C22H29N3O4. The molecule has 1 amide bonds. The standard InChI is InChI=1S/C22H29N3O4/c1-21(2,3)18-17(13-25(23-18)16-9-6-5-7-10-16)19(26)24-12-8-11-22(14-24,15-29-4)20(27)28/h5-7,9-10,13H,8,11-12,14-15H2,1-4H3,(H,27,28). The first-order chi connectivity index (χ1) is 13.7. The van der Waals surface area contributed by atoms with E-state index in [0.29, 0.717) is 30.6 Å². The van der Waals surface area contributed by atoms with Crippen molar-refractivity contribution >= 4 is 11.9 Å². The van der Waals surface area contributed by atoms with Gasteiger partial charge >= 0.3 is 5.97 Å². The van der Waals surface area contributed by atoms with Crippen LogP contribution in [0.1, 0.15) is 49.7 Å². The maximum absolute atomic E-state index is 13.5. The van der Waals surface area contributed by atoms with Gasteiger partial charge in [0.2, 0.25) is 0 Å². The molecule has 0 spiro atoms. The SMILES string of the molecule is COCC1(C(=O)O)CCCN(C(=O)c2cn(-c3ccccc3)nc2C(C)(C)C)C1. The summed E-state index contributed by atoms with van der Waals surface area (Å²) in [6.45, 7) is 6.80. The molecule has 156 valence electrons. The highest BCUT2D eigenvalue weighted by Crippen LogP contribution is 2.33. The van der Waals surface area contributed by atoms with Gasteiger partial charge in [-0.15, -0.1) is 0 Å². The number of carbonyl (C=O) groups excluding carboxylic acids is 1. The molecule has 1 N–H and O–H groups in total. The lowest BCUT2D eigenvalue weighted by atomic mass is 9.80. The van der Waals surface area contributed by atoms with Gasteiger partial charge in [0.15, 0.2) is 0 Å². The van der Waals surface area contributed by atoms with Crippen molar-refractivity contribution < 1.29 is 19.4 Å². The number of methoxy groups -OCH3 is 1. The van der Waals surface area contributed by atoms with E-state index in [1.807, 2.05) is 51.1 Å². The number of carbonyl (C=O) groups is 2. The highest BCUT2D eigenvalue weighted by Gasteiger charge is 2.44. The van der Waals surface area contributed by atoms with Gasteiger partial charge in [0.05, 0.1) is 23.6 Å². The Hall–Kier alpha value is -2.67. The predicted octanol–water partition coefficient (Wildman–Crippen LogP) is 3.12. The van der Waals surface area contributed by atoms with E-state index in [0.717, 1.165) is 5.69 Å². The zero-order chi connectivity index (χ0) is 21.2. The molecule has 2 heterocycles. The largest absolute Gasteiger partial charge is 0.481 e. The van der Waals surface area contributed by atoms with Crippen LogP contribution in [-0.2, 0) is 14.9 Å². The lowest BCUT2D eigenvalue weighted by Gasteiger charge is -2.39. The van der Waals surface area contributed by atoms with Crippen molar-refractivity contribution in [2.75, 3.05) is 26.8 Å². The number of likely N-dealkylation sites (tertiary alicyclic amines) is 1. The van der Waals surface area contributed by atoms with Gasteiger partial charge in [0, 0.05) is 31.8 Å². The van der Waals surface area contributed by atoms with Gasteiger partial charge in [-0.05, 0) is 25.0 Å². The van der Waals surface area contributed by atoms with E-state index in [1.54, 1.807) is 15.8 Å². The Labute approximate surface area is 171 Å². The normalized spacial score (nSPS) is 19.9. The molecule has 1 fully saturated rings. The van der Waals surface area contributed by atoms with Crippen LogP contribution in [0.4, 0.5) is 0 Å². The molecule has 1 aliphatic heterocycles. The Bertz CT molecular complexity index is 881. The maximum atomic E-state index is 13.5. The summed E-state index contributed by atoms with van der Waals surface area (Å²) in [6, 6.07) is 9.64. The predicted molar refractivity (Wildman–Crippen MR) is 109 cm³/mol. The van der Waals surface area contributed by atoms with Gasteiger partial charge in [-0.3, -0.25) is 9.59 Å². The zero-order valence-electron chi connectivity index (χ0n) is 17.5. The van der Waals surface area contributed by atoms with E-state index in [9.17, 15) is 14.7 Å². The second kappa shape index (κ2) is 7.99. The number of carboxylic acid groups (broad SMARTS) is 1. The molecule has 1 saturated heterocycles. The first kappa shape index (κ1) is 21.0. The molecule has 7 heteroatoms. The molecule has 1 unspecified atom stereocenters. The zero-order valence-corrected chi connectivity index (χ0v) is 17.5. The van der Waals surface area contributed by atoms with Crippen molar-refractivity contribution in [3.05, 3.63) is 47.8 Å². The number of benzene rings is 1. The summed E-state index contributed by atoms with van der Waals surface area (Å²) in [7, 11) is 1.49. The number of hydrogen-bond donors (Lipinski definition) is 1. The molecule has 1 aromatic carbocycles. The number of carboxylic acids is 1. The number of aromatic nitrogens is 2. The Morgan fingerprint density at radius 3 is 2.52 bits per heavy atom. The van der Waals surface area contributed by atoms with Gasteiger partial charge in [-0.2, -0.15) is 5.10 Å². The van der Waals surface area contributed by atoms with Gasteiger partial charge in [-0.25, -0.2) is 4.68 Å². The first-order valence-electron chi connectivity index (χ1n) is 9.85. The third-order valence-electron chi connectivity index (χ3n) is 5.41. The number of nitrogens with zero attached hydrogens (tertiary/aromatic N) is 3. The summed E-state index contributed by atoms with van der Waals surface area (Å²) < 4.78 is 6.90. The minimum atomic E-state index is -1.07. The summed E-state index contributed by atoms with van der Waals surface area (Å²) in [5.41, 5.74) is 0.677. The van der Waals surface area contributed by atoms with Crippen LogP contribution >= 0.6 is 0 Å². The Morgan fingerprint density at radius 2 is 1.93 bits per heavy atom. The third kappa shape index (κ3) is 4.19. The molecular weight excluding hydrogens is 370 g/mol. The second-order valence-corrected chi connectivity index (χ2v) is 8.77. The van der Waals surface area contributed by atoms with Crippen LogP contribution in [0, 0.1) is 5.41 Å². The van der Waals surface area contributed by atoms with Gasteiger partial charge in [0.1, 0.15) is 5.41 Å². The molecule has 1 atom stereocenters. The van der Waals surface area contributed by atoms with E-state index in [-0.39, 0.29) is 24.5 Å². The summed E-state index contributed by atoms with van der Waals surface area (Å²) in [5.74, 6) is -1.11. The number of ether oxygens (including phenoxy) is 1. The van der Waals surface area contributed by atoms with E-state index < -0.39 is 11.4 Å². The average molecular weight is 399 g/mol. The van der Waals surface area contributed by atoms with Crippen LogP contribution in [0.5, 0.6) is 0 Å². The monoisotopic (exact) mass is 399 g/mol.